The lowest BCUT2D eigenvalue weighted by atomic mass is 10.0. The van der Waals surface area contributed by atoms with E-state index in [0.717, 1.165) is 5.56 Å². The molecule has 0 aliphatic rings. The molecule has 0 N–H and O–H groups in total. The van der Waals surface area contributed by atoms with Crippen LogP contribution in [0.25, 0.3) is 0 Å². The molecule has 24 heavy (non-hydrogen) atoms. The van der Waals surface area contributed by atoms with Gasteiger partial charge in [0.05, 0.1) is 6.26 Å². The summed E-state index contributed by atoms with van der Waals surface area (Å²) < 4.78 is 12.3. The van der Waals surface area contributed by atoms with E-state index in [4.69, 9.17) is 13.7 Å². The second kappa shape index (κ2) is 7.36. The van der Waals surface area contributed by atoms with Gasteiger partial charge >= 0.3 is 0 Å². The van der Waals surface area contributed by atoms with Gasteiger partial charge in [0.15, 0.2) is 19.8 Å². The number of hydrogen-bond donors (Lipinski definition) is 0. The lowest BCUT2D eigenvalue weighted by Crippen LogP contribution is -2.43. The molecule has 1 aromatic carbocycles. The first kappa shape index (κ1) is 18.5. The van der Waals surface area contributed by atoms with Gasteiger partial charge < -0.3 is 13.7 Å². The summed E-state index contributed by atoms with van der Waals surface area (Å²) in [5, 5.41) is 4.31. The Kier molecular flexibility index (Phi) is 5.67. The molecule has 0 saturated carbocycles. The Morgan fingerprint density at radius 1 is 1.08 bits per heavy atom. The van der Waals surface area contributed by atoms with E-state index in [1.165, 1.54) is 7.11 Å². The second-order valence-electron chi connectivity index (χ2n) is 7.31. The van der Waals surface area contributed by atoms with Crippen LogP contribution in [0.4, 0.5) is 0 Å². The highest BCUT2D eigenvalue weighted by atomic mass is 28.4. The molecule has 0 saturated heterocycles. The molecule has 2 rings (SSSR count). The quantitative estimate of drug-likeness (QED) is 0.400. The minimum Gasteiger partial charge on any atom is -0.463 e. The Hall–Kier alpha value is -1.85. The van der Waals surface area contributed by atoms with Crippen LogP contribution in [0, 0.1) is 0 Å². The molecule has 5 heteroatoms. The van der Waals surface area contributed by atoms with Gasteiger partial charge in [-0.25, -0.2) is 0 Å². The van der Waals surface area contributed by atoms with Crippen LogP contribution in [-0.4, -0.2) is 21.1 Å². The highest BCUT2D eigenvalue weighted by molar-refractivity contribution is 6.74. The summed E-state index contributed by atoms with van der Waals surface area (Å²) in [5.74, 6) is 0.657. The van der Waals surface area contributed by atoms with Crippen LogP contribution < -0.4 is 0 Å². The molecule has 1 unspecified atom stereocenters. The highest BCUT2D eigenvalue weighted by Gasteiger charge is 2.41. The molecule has 0 fully saturated rings. The van der Waals surface area contributed by atoms with Crippen molar-refractivity contribution in [3.8, 4) is 0 Å². The SMILES string of the molecule is CO/N=C(\c1ccco1)C(O[Si](C)(C)C(C)(C)C)c1ccccc1. The van der Waals surface area contributed by atoms with Gasteiger partial charge in [0, 0.05) is 0 Å². The van der Waals surface area contributed by atoms with Gasteiger partial charge in [-0.2, -0.15) is 0 Å². The van der Waals surface area contributed by atoms with Gasteiger partial charge in [-0.15, -0.1) is 0 Å². The Labute approximate surface area is 145 Å². The van der Waals surface area contributed by atoms with Gasteiger partial charge in [0.2, 0.25) is 0 Å². The van der Waals surface area contributed by atoms with Crippen LogP contribution in [0.1, 0.15) is 38.2 Å². The normalized spacial score (nSPS) is 14.5. The van der Waals surface area contributed by atoms with Crippen molar-refractivity contribution in [3.63, 3.8) is 0 Å². The van der Waals surface area contributed by atoms with Crippen LogP contribution in [-0.2, 0) is 9.26 Å². The summed E-state index contributed by atoms with van der Waals surface area (Å²) in [6, 6.07) is 13.8. The Morgan fingerprint density at radius 2 is 1.75 bits per heavy atom. The van der Waals surface area contributed by atoms with Crippen molar-refractivity contribution in [2.45, 2.75) is 45.0 Å². The second-order valence-corrected chi connectivity index (χ2v) is 12.1. The maximum Gasteiger partial charge on any atom is 0.193 e. The molecular weight excluding hydrogens is 318 g/mol. The van der Waals surface area contributed by atoms with Crippen LogP contribution in [0.15, 0.2) is 58.3 Å². The first-order valence-corrected chi connectivity index (χ1v) is 11.0. The van der Waals surface area contributed by atoms with E-state index in [1.807, 2.05) is 42.5 Å². The number of hydrogen-bond acceptors (Lipinski definition) is 4. The van der Waals surface area contributed by atoms with Gasteiger partial charge in [0.1, 0.15) is 13.2 Å². The minimum absolute atomic E-state index is 0.0847. The summed E-state index contributed by atoms with van der Waals surface area (Å²) in [6.07, 6.45) is 1.30. The van der Waals surface area contributed by atoms with Crippen molar-refractivity contribution < 1.29 is 13.7 Å². The molecule has 2 aromatic rings. The van der Waals surface area contributed by atoms with Crippen molar-refractivity contribution in [1.82, 2.24) is 0 Å². The summed E-state index contributed by atoms with van der Waals surface area (Å²) in [7, 11) is -0.494. The Morgan fingerprint density at radius 3 is 2.25 bits per heavy atom. The topological polar surface area (TPSA) is 44.0 Å². The first-order valence-electron chi connectivity index (χ1n) is 8.14. The first-order chi connectivity index (χ1) is 11.3. The number of benzene rings is 1. The lowest BCUT2D eigenvalue weighted by molar-refractivity contribution is 0.196. The fraction of sp³-hybridized carbons (Fsp3) is 0.421. The minimum atomic E-state index is -2.03. The van der Waals surface area contributed by atoms with E-state index in [0.29, 0.717) is 11.5 Å². The molecule has 1 aromatic heterocycles. The third kappa shape index (κ3) is 4.16. The van der Waals surface area contributed by atoms with Crippen molar-refractivity contribution in [2.75, 3.05) is 7.11 Å². The third-order valence-corrected chi connectivity index (χ3v) is 8.97. The van der Waals surface area contributed by atoms with Gasteiger partial charge in [-0.3, -0.25) is 0 Å². The summed E-state index contributed by atoms with van der Waals surface area (Å²) in [6.45, 7) is 11.1. The van der Waals surface area contributed by atoms with Crippen LogP contribution in [0.3, 0.4) is 0 Å². The zero-order valence-electron chi connectivity index (χ0n) is 15.4. The zero-order valence-corrected chi connectivity index (χ0v) is 16.4. The monoisotopic (exact) mass is 345 g/mol. The molecule has 1 atom stereocenters. The smallest absolute Gasteiger partial charge is 0.193 e. The van der Waals surface area contributed by atoms with E-state index in [2.05, 4.69) is 39.0 Å². The fourth-order valence-electron chi connectivity index (χ4n) is 2.13. The predicted octanol–water partition coefficient (Wildman–Crippen LogP) is 5.39. The van der Waals surface area contributed by atoms with Crippen molar-refractivity contribution >= 4 is 14.0 Å². The summed E-state index contributed by atoms with van der Waals surface area (Å²) in [5.41, 5.74) is 1.69. The molecular formula is C19H27NO3Si. The van der Waals surface area contributed by atoms with E-state index < -0.39 is 8.32 Å². The maximum absolute atomic E-state index is 6.70. The van der Waals surface area contributed by atoms with E-state index in [-0.39, 0.29) is 11.1 Å². The van der Waals surface area contributed by atoms with Crippen molar-refractivity contribution in [2.24, 2.45) is 5.16 Å². The molecule has 4 nitrogen and oxygen atoms in total. The summed E-state index contributed by atoms with van der Waals surface area (Å²) >= 11 is 0. The molecule has 0 bridgehead atoms. The molecule has 130 valence electrons. The molecule has 1 heterocycles. The Bertz CT molecular complexity index is 658. The summed E-state index contributed by atoms with van der Waals surface area (Å²) in [4.78, 5) is 5.09. The lowest BCUT2D eigenvalue weighted by Gasteiger charge is -2.39. The standard InChI is InChI=1S/C19H27NO3Si/c1-19(2,3)24(5,6)23-18(15-11-8-7-9-12-15)17(20-21-4)16-13-10-14-22-16/h7-14,18H,1-6H3/b20-17+. The van der Waals surface area contributed by atoms with E-state index in [9.17, 15) is 0 Å². The highest BCUT2D eigenvalue weighted by Crippen LogP contribution is 2.40. The van der Waals surface area contributed by atoms with Crippen molar-refractivity contribution in [1.29, 1.82) is 0 Å². The third-order valence-electron chi connectivity index (χ3n) is 4.53. The van der Waals surface area contributed by atoms with Gasteiger partial charge in [-0.05, 0) is 35.8 Å². The van der Waals surface area contributed by atoms with Crippen LogP contribution >= 0.6 is 0 Å². The predicted molar refractivity (Wildman–Crippen MR) is 99.7 cm³/mol. The van der Waals surface area contributed by atoms with E-state index in [1.54, 1.807) is 6.26 Å². The largest absolute Gasteiger partial charge is 0.463 e. The number of rotatable bonds is 6. The van der Waals surface area contributed by atoms with Gasteiger partial charge in [-0.1, -0.05) is 56.3 Å². The van der Waals surface area contributed by atoms with Crippen LogP contribution in [0.2, 0.25) is 18.1 Å². The average Bonchev–Trinajstić information content (AvgIpc) is 3.04. The van der Waals surface area contributed by atoms with Crippen molar-refractivity contribution in [3.05, 3.63) is 60.1 Å². The molecule has 0 radical (unpaired) electrons. The fourth-order valence-corrected chi connectivity index (χ4v) is 3.32. The zero-order chi connectivity index (χ0) is 17.8. The molecule has 0 aliphatic carbocycles. The Balaban J connectivity index is 2.49. The molecule has 0 aliphatic heterocycles. The van der Waals surface area contributed by atoms with Crippen LogP contribution in [0.5, 0.6) is 0 Å². The molecule has 0 spiro atoms. The number of nitrogens with zero attached hydrogens (tertiary/aromatic N) is 1. The molecule has 0 amide bonds. The number of oxime groups is 1. The van der Waals surface area contributed by atoms with Gasteiger partial charge in [0.25, 0.3) is 0 Å². The van der Waals surface area contributed by atoms with E-state index >= 15 is 0 Å². The maximum atomic E-state index is 6.70. The average molecular weight is 346 g/mol. The number of furan rings is 1.